The van der Waals surface area contributed by atoms with E-state index in [1.54, 1.807) is 0 Å². The van der Waals surface area contributed by atoms with Crippen molar-refractivity contribution in [1.82, 2.24) is 10.3 Å². The molecule has 2 heterocycles. The summed E-state index contributed by atoms with van der Waals surface area (Å²) in [6, 6.07) is 19.1. The molecular weight excluding hydrogens is 284 g/mol. The number of pyridine rings is 1. The molecule has 0 fully saturated rings. The molecule has 0 amide bonds. The molecule has 1 aliphatic heterocycles. The van der Waals surface area contributed by atoms with Crippen molar-refractivity contribution in [2.24, 2.45) is 0 Å². The molecule has 3 nitrogen and oxygen atoms in total. The van der Waals surface area contributed by atoms with Crippen LogP contribution in [0.2, 0.25) is 0 Å². The molecule has 116 valence electrons. The van der Waals surface area contributed by atoms with Crippen molar-refractivity contribution in [1.29, 1.82) is 0 Å². The maximum Gasteiger partial charge on any atom is 0.119 e. The van der Waals surface area contributed by atoms with Gasteiger partial charge in [0.1, 0.15) is 5.75 Å². The topological polar surface area (TPSA) is 34.1 Å². The number of nitrogens with one attached hydrogen (secondary N) is 1. The summed E-state index contributed by atoms with van der Waals surface area (Å²) in [5, 5.41) is 4.78. The highest BCUT2D eigenvalue weighted by molar-refractivity contribution is 5.78. The van der Waals surface area contributed by atoms with Crippen molar-refractivity contribution < 1.29 is 4.74 Å². The Bertz CT molecular complexity index is 844. The minimum atomic E-state index is 0.152. The largest absolute Gasteiger partial charge is 0.494 e. The molecule has 23 heavy (non-hydrogen) atoms. The molecule has 1 N–H and O–H groups in total. The zero-order valence-corrected chi connectivity index (χ0v) is 13.3. The summed E-state index contributed by atoms with van der Waals surface area (Å²) in [5.41, 5.74) is 4.79. The highest BCUT2D eigenvalue weighted by atomic mass is 16.5. The van der Waals surface area contributed by atoms with E-state index >= 15 is 0 Å². The number of hydrogen-bond donors (Lipinski definition) is 1. The number of ether oxygens (including phenoxy) is 1. The first-order valence-electron chi connectivity index (χ1n) is 8.20. The molecule has 0 saturated heterocycles. The van der Waals surface area contributed by atoms with E-state index in [-0.39, 0.29) is 6.04 Å². The van der Waals surface area contributed by atoms with Crippen LogP contribution in [0.4, 0.5) is 0 Å². The quantitative estimate of drug-likeness (QED) is 0.797. The van der Waals surface area contributed by atoms with Crippen LogP contribution in [0.15, 0.2) is 54.6 Å². The summed E-state index contributed by atoms with van der Waals surface area (Å²) in [4.78, 5) is 4.86. The fourth-order valence-corrected chi connectivity index (χ4v) is 3.30. The number of rotatable bonds is 3. The van der Waals surface area contributed by atoms with Crippen molar-refractivity contribution in [3.05, 3.63) is 71.4 Å². The SMILES string of the molecule is CCOc1ccc2c(c1)CCNC2c1ccc2ccccc2n1. The Labute approximate surface area is 136 Å². The Morgan fingerprint density at radius 2 is 2.04 bits per heavy atom. The van der Waals surface area contributed by atoms with Crippen molar-refractivity contribution in [2.45, 2.75) is 19.4 Å². The Morgan fingerprint density at radius 3 is 2.96 bits per heavy atom. The van der Waals surface area contributed by atoms with E-state index in [9.17, 15) is 0 Å². The third-order valence-corrected chi connectivity index (χ3v) is 4.39. The second kappa shape index (κ2) is 6.01. The van der Waals surface area contributed by atoms with Crippen LogP contribution in [0.3, 0.4) is 0 Å². The van der Waals surface area contributed by atoms with Crippen molar-refractivity contribution >= 4 is 10.9 Å². The normalized spacial score (nSPS) is 17.0. The maximum absolute atomic E-state index is 5.63. The number of aromatic nitrogens is 1. The lowest BCUT2D eigenvalue weighted by atomic mass is 9.91. The van der Waals surface area contributed by atoms with Gasteiger partial charge in [0.2, 0.25) is 0 Å². The molecule has 3 aromatic rings. The summed E-state index contributed by atoms with van der Waals surface area (Å²) >= 11 is 0. The number of benzene rings is 2. The molecule has 0 radical (unpaired) electrons. The predicted octanol–water partition coefficient (Wildman–Crippen LogP) is 3.87. The molecule has 1 atom stereocenters. The molecule has 0 bridgehead atoms. The molecule has 0 spiro atoms. The first kappa shape index (κ1) is 14.2. The van der Waals surface area contributed by atoms with Crippen molar-refractivity contribution in [3.8, 4) is 5.75 Å². The first-order chi connectivity index (χ1) is 11.3. The van der Waals surface area contributed by atoms with Gasteiger partial charge >= 0.3 is 0 Å². The molecule has 0 saturated carbocycles. The van der Waals surface area contributed by atoms with E-state index in [1.807, 2.05) is 19.1 Å². The van der Waals surface area contributed by atoms with Gasteiger partial charge in [-0.05, 0) is 48.7 Å². The third kappa shape index (κ3) is 2.68. The van der Waals surface area contributed by atoms with E-state index in [1.165, 1.54) is 16.5 Å². The molecule has 4 rings (SSSR count). The first-order valence-corrected chi connectivity index (χ1v) is 8.20. The molecule has 1 unspecified atom stereocenters. The van der Waals surface area contributed by atoms with E-state index in [0.29, 0.717) is 6.61 Å². The number of para-hydroxylation sites is 1. The lowest BCUT2D eigenvalue weighted by Gasteiger charge is -2.27. The van der Waals surface area contributed by atoms with Gasteiger partial charge in [-0.25, -0.2) is 0 Å². The Balaban J connectivity index is 1.75. The van der Waals surface area contributed by atoms with Gasteiger partial charge in [0.15, 0.2) is 0 Å². The number of fused-ring (bicyclic) bond motifs is 2. The van der Waals surface area contributed by atoms with E-state index in [4.69, 9.17) is 9.72 Å². The smallest absolute Gasteiger partial charge is 0.119 e. The van der Waals surface area contributed by atoms with Gasteiger partial charge in [-0.3, -0.25) is 4.98 Å². The summed E-state index contributed by atoms with van der Waals surface area (Å²) in [6.45, 7) is 3.68. The average molecular weight is 304 g/mol. The Morgan fingerprint density at radius 1 is 1.13 bits per heavy atom. The van der Waals surface area contributed by atoms with Gasteiger partial charge in [0, 0.05) is 11.9 Å². The summed E-state index contributed by atoms with van der Waals surface area (Å²) in [7, 11) is 0. The predicted molar refractivity (Wildman–Crippen MR) is 92.9 cm³/mol. The summed E-state index contributed by atoms with van der Waals surface area (Å²) < 4.78 is 5.63. The molecule has 2 aromatic carbocycles. The van der Waals surface area contributed by atoms with Crippen LogP contribution < -0.4 is 10.1 Å². The number of nitrogens with zero attached hydrogens (tertiary/aromatic N) is 1. The van der Waals surface area contributed by atoms with Crippen LogP contribution in [0, 0.1) is 0 Å². The standard InChI is InChI=1S/C20H20N2O/c1-2-23-16-8-9-17-15(13-16)11-12-21-20(17)19-10-7-14-5-3-4-6-18(14)22-19/h3-10,13,20-21H,2,11-12H2,1H3. The highest BCUT2D eigenvalue weighted by Crippen LogP contribution is 2.31. The minimum Gasteiger partial charge on any atom is -0.494 e. The van der Waals surface area contributed by atoms with Gasteiger partial charge in [-0.15, -0.1) is 0 Å². The fraction of sp³-hybridized carbons (Fsp3) is 0.250. The zero-order chi connectivity index (χ0) is 15.6. The molecule has 0 aliphatic carbocycles. The van der Waals surface area contributed by atoms with Crippen LogP contribution in [0.5, 0.6) is 5.75 Å². The molecular formula is C20H20N2O. The summed E-state index contributed by atoms with van der Waals surface area (Å²) in [5.74, 6) is 0.957. The average Bonchev–Trinajstić information content (AvgIpc) is 2.61. The molecule has 3 heteroatoms. The zero-order valence-electron chi connectivity index (χ0n) is 13.3. The van der Waals surface area contributed by atoms with Crippen molar-refractivity contribution in [2.75, 3.05) is 13.2 Å². The van der Waals surface area contributed by atoms with E-state index in [2.05, 4.69) is 47.8 Å². The monoisotopic (exact) mass is 304 g/mol. The van der Waals surface area contributed by atoms with Crippen LogP contribution in [-0.2, 0) is 6.42 Å². The van der Waals surface area contributed by atoms with Crippen molar-refractivity contribution in [3.63, 3.8) is 0 Å². The van der Waals surface area contributed by atoms with Gasteiger partial charge in [-0.1, -0.05) is 30.3 Å². The molecule has 1 aromatic heterocycles. The Kier molecular flexibility index (Phi) is 3.72. The van der Waals surface area contributed by atoms with Gasteiger partial charge in [-0.2, -0.15) is 0 Å². The van der Waals surface area contributed by atoms with E-state index < -0.39 is 0 Å². The van der Waals surface area contributed by atoms with Gasteiger partial charge in [0.05, 0.1) is 23.9 Å². The Hall–Kier alpha value is -2.39. The molecule has 1 aliphatic rings. The fourth-order valence-electron chi connectivity index (χ4n) is 3.30. The van der Waals surface area contributed by atoms with E-state index in [0.717, 1.165) is 29.9 Å². The lowest BCUT2D eigenvalue weighted by molar-refractivity contribution is 0.339. The second-order valence-corrected chi connectivity index (χ2v) is 5.86. The minimum absolute atomic E-state index is 0.152. The van der Waals surface area contributed by atoms with Gasteiger partial charge in [0.25, 0.3) is 0 Å². The highest BCUT2D eigenvalue weighted by Gasteiger charge is 2.22. The lowest BCUT2D eigenvalue weighted by Crippen LogP contribution is -2.31. The third-order valence-electron chi connectivity index (χ3n) is 4.39. The van der Waals surface area contributed by atoms with Crippen LogP contribution in [-0.4, -0.2) is 18.1 Å². The second-order valence-electron chi connectivity index (χ2n) is 5.86. The number of hydrogen-bond acceptors (Lipinski definition) is 3. The van der Waals surface area contributed by atoms with Gasteiger partial charge < -0.3 is 10.1 Å². The van der Waals surface area contributed by atoms with Crippen LogP contribution >= 0.6 is 0 Å². The maximum atomic E-state index is 5.63. The van der Waals surface area contributed by atoms with Crippen LogP contribution in [0.25, 0.3) is 10.9 Å². The van der Waals surface area contributed by atoms with Crippen LogP contribution in [0.1, 0.15) is 29.8 Å². The summed E-state index contributed by atoms with van der Waals surface area (Å²) in [6.07, 6.45) is 1.03.